The van der Waals surface area contributed by atoms with Crippen LogP contribution in [0.15, 0.2) is 42.6 Å². The second-order valence-corrected chi connectivity index (χ2v) is 5.47. The Morgan fingerprint density at radius 1 is 1.04 bits per heavy atom. The van der Waals surface area contributed by atoms with Gasteiger partial charge in [0.05, 0.1) is 18.7 Å². The van der Waals surface area contributed by atoms with Crippen molar-refractivity contribution in [2.45, 2.75) is 0 Å². The van der Waals surface area contributed by atoms with E-state index in [2.05, 4.69) is 14.9 Å². The van der Waals surface area contributed by atoms with E-state index in [0.29, 0.717) is 24.7 Å². The molecule has 0 aliphatic carbocycles. The van der Waals surface area contributed by atoms with E-state index in [1.54, 1.807) is 6.20 Å². The van der Waals surface area contributed by atoms with E-state index in [0.717, 1.165) is 35.5 Å². The largest absolute Gasteiger partial charge is 0.399 e. The molecule has 1 saturated heterocycles. The number of benzene rings is 1. The van der Waals surface area contributed by atoms with Gasteiger partial charge in [-0.25, -0.2) is 9.97 Å². The Bertz CT molecular complexity index is 845. The lowest BCUT2D eigenvalue weighted by molar-refractivity contribution is 0.122. The van der Waals surface area contributed by atoms with E-state index in [1.165, 1.54) is 0 Å². The molecular weight excluding hydrogens is 290 g/mol. The molecule has 1 aliphatic heterocycles. The minimum Gasteiger partial charge on any atom is -0.399 e. The fraction of sp³-hybridized carbons (Fsp3) is 0.235. The molecule has 6 heteroatoms. The smallest absolute Gasteiger partial charge is 0.162 e. The third-order valence-corrected chi connectivity index (χ3v) is 3.89. The molecule has 0 spiro atoms. The predicted molar refractivity (Wildman–Crippen MR) is 90.2 cm³/mol. The summed E-state index contributed by atoms with van der Waals surface area (Å²) in [6.07, 6.45) is 1.77. The molecule has 2 N–H and O–H groups in total. The van der Waals surface area contributed by atoms with Gasteiger partial charge in [-0.2, -0.15) is 0 Å². The Morgan fingerprint density at radius 2 is 1.91 bits per heavy atom. The highest BCUT2D eigenvalue weighted by Gasteiger charge is 2.18. The summed E-state index contributed by atoms with van der Waals surface area (Å²) in [5.41, 5.74) is 9.16. The summed E-state index contributed by atoms with van der Waals surface area (Å²) in [6, 6.07) is 11.5. The number of rotatable bonds is 2. The first kappa shape index (κ1) is 13.9. The van der Waals surface area contributed by atoms with Crippen molar-refractivity contribution < 1.29 is 4.74 Å². The average molecular weight is 307 g/mol. The highest BCUT2D eigenvalue weighted by atomic mass is 16.5. The first-order valence-electron chi connectivity index (χ1n) is 7.63. The lowest BCUT2D eigenvalue weighted by Gasteiger charge is -2.28. The quantitative estimate of drug-likeness (QED) is 0.731. The van der Waals surface area contributed by atoms with E-state index in [4.69, 9.17) is 15.5 Å². The molecule has 0 bridgehead atoms. The molecule has 0 radical (unpaired) electrons. The van der Waals surface area contributed by atoms with Crippen LogP contribution in [0.4, 0.5) is 11.5 Å². The lowest BCUT2D eigenvalue weighted by Crippen LogP contribution is -2.37. The molecule has 0 atom stereocenters. The van der Waals surface area contributed by atoms with Gasteiger partial charge >= 0.3 is 0 Å². The van der Waals surface area contributed by atoms with E-state index in [1.807, 2.05) is 36.4 Å². The molecule has 0 amide bonds. The zero-order chi connectivity index (χ0) is 15.6. The summed E-state index contributed by atoms with van der Waals surface area (Å²) in [5.74, 6) is 1.52. The Hall–Kier alpha value is -2.73. The molecule has 116 valence electrons. The minimum atomic E-state index is 0.666. The standard InChI is InChI=1S/C17H17N5O/c18-13-4-1-3-12(11-13)16-20-14-5-2-6-19-15(14)17(21-16)22-7-9-23-10-8-22/h1-6,11H,7-10,18H2. The SMILES string of the molecule is Nc1cccc(-c2nc(N3CCOCC3)c3ncccc3n2)c1. The van der Waals surface area contributed by atoms with Crippen LogP contribution in [-0.4, -0.2) is 41.3 Å². The van der Waals surface area contributed by atoms with Crippen molar-refractivity contribution in [1.82, 2.24) is 15.0 Å². The number of nitrogen functional groups attached to an aromatic ring is 1. The molecule has 1 aliphatic rings. The third kappa shape index (κ3) is 2.68. The molecule has 0 unspecified atom stereocenters. The zero-order valence-corrected chi connectivity index (χ0v) is 12.6. The van der Waals surface area contributed by atoms with Gasteiger partial charge in [-0.05, 0) is 24.3 Å². The van der Waals surface area contributed by atoms with Crippen molar-refractivity contribution >= 4 is 22.5 Å². The number of hydrogen-bond acceptors (Lipinski definition) is 6. The van der Waals surface area contributed by atoms with Gasteiger partial charge in [-0.3, -0.25) is 4.98 Å². The van der Waals surface area contributed by atoms with Crippen LogP contribution in [0.1, 0.15) is 0 Å². The molecule has 3 aromatic rings. The molecule has 3 heterocycles. The number of nitrogens with two attached hydrogens (primary N) is 1. The van der Waals surface area contributed by atoms with E-state index in [9.17, 15) is 0 Å². The van der Waals surface area contributed by atoms with Crippen LogP contribution in [0.3, 0.4) is 0 Å². The summed E-state index contributed by atoms with van der Waals surface area (Å²) in [7, 11) is 0. The number of hydrogen-bond donors (Lipinski definition) is 1. The van der Waals surface area contributed by atoms with Crippen LogP contribution in [-0.2, 0) is 4.74 Å². The summed E-state index contributed by atoms with van der Waals surface area (Å²) >= 11 is 0. The van der Waals surface area contributed by atoms with Gasteiger partial charge in [0, 0.05) is 30.5 Å². The van der Waals surface area contributed by atoms with Crippen molar-refractivity contribution in [2.75, 3.05) is 36.9 Å². The molecule has 0 saturated carbocycles. The summed E-state index contributed by atoms with van der Waals surface area (Å²) in [4.78, 5) is 16.1. The third-order valence-electron chi connectivity index (χ3n) is 3.89. The van der Waals surface area contributed by atoms with Crippen LogP contribution in [0, 0.1) is 0 Å². The van der Waals surface area contributed by atoms with Gasteiger partial charge in [0.25, 0.3) is 0 Å². The van der Waals surface area contributed by atoms with E-state index < -0.39 is 0 Å². The monoisotopic (exact) mass is 307 g/mol. The van der Waals surface area contributed by atoms with Gasteiger partial charge in [-0.15, -0.1) is 0 Å². The van der Waals surface area contributed by atoms with Crippen molar-refractivity contribution in [3.8, 4) is 11.4 Å². The van der Waals surface area contributed by atoms with Crippen LogP contribution >= 0.6 is 0 Å². The first-order valence-corrected chi connectivity index (χ1v) is 7.63. The van der Waals surface area contributed by atoms with Gasteiger partial charge in [0.1, 0.15) is 5.52 Å². The number of pyridine rings is 1. The number of ether oxygens (including phenoxy) is 1. The van der Waals surface area contributed by atoms with Crippen molar-refractivity contribution in [3.63, 3.8) is 0 Å². The normalized spacial score (nSPS) is 15.0. The Morgan fingerprint density at radius 3 is 2.74 bits per heavy atom. The van der Waals surface area contributed by atoms with E-state index in [-0.39, 0.29) is 0 Å². The number of fused-ring (bicyclic) bond motifs is 1. The number of nitrogens with zero attached hydrogens (tertiary/aromatic N) is 4. The van der Waals surface area contributed by atoms with Crippen molar-refractivity contribution in [1.29, 1.82) is 0 Å². The van der Waals surface area contributed by atoms with E-state index >= 15 is 0 Å². The molecule has 4 rings (SSSR count). The Kier molecular flexibility index (Phi) is 3.51. The van der Waals surface area contributed by atoms with Gasteiger partial charge in [-0.1, -0.05) is 12.1 Å². The second-order valence-electron chi connectivity index (χ2n) is 5.47. The fourth-order valence-corrected chi connectivity index (χ4v) is 2.75. The topological polar surface area (TPSA) is 77.2 Å². The predicted octanol–water partition coefficient (Wildman–Crippen LogP) is 2.11. The molecule has 2 aromatic heterocycles. The number of aromatic nitrogens is 3. The minimum absolute atomic E-state index is 0.666. The number of morpholine rings is 1. The van der Waals surface area contributed by atoms with Crippen molar-refractivity contribution in [3.05, 3.63) is 42.6 Å². The maximum Gasteiger partial charge on any atom is 0.162 e. The maximum atomic E-state index is 5.89. The average Bonchev–Trinajstić information content (AvgIpc) is 2.61. The highest BCUT2D eigenvalue weighted by Crippen LogP contribution is 2.27. The Balaban J connectivity index is 1.89. The Labute approximate surface area is 133 Å². The molecule has 1 aromatic carbocycles. The molecule has 6 nitrogen and oxygen atoms in total. The molecular formula is C17H17N5O. The van der Waals surface area contributed by atoms with Crippen LogP contribution in [0.5, 0.6) is 0 Å². The summed E-state index contributed by atoms with van der Waals surface area (Å²) < 4.78 is 5.44. The lowest BCUT2D eigenvalue weighted by atomic mass is 10.2. The molecule has 23 heavy (non-hydrogen) atoms. The highest BCUT2D eigenvalue weighted by molar-refractivity contribution is 5.87. The van der Waals surface area contributed by atoms with Crippen molar-refractivity contribution in [2.24, 2.45) is 0 Å². The van der Waals surface area contributed by atoms with Gasteiger partial charge < -0.3 is 15.4 Å². The van der Waals surface area contributed by atoms with Gasteiger partial charge in [0.15, 0.2) is 11.6 Å². The molecule has 1 fully saturated rings. The zero-order valence-electron chi connectivity index (χ0n) is 12.6. The number of anilines is 2. The van der Waals surface area contributed by atoms with Gasteiger partial charge in [0.2, 0.25) is 0 Å². The van der Waals surface area contributed by atoms with Crippen LogP contribution in [0.2, 0.25) is 0 Å². The fourth-order valence-electron chi connectivity index (χ4n) is 2.75. The first-order chi connectivity index (χ1) is 11.3. The summed E-state index contributed by atoms with van der Waals surface area (Å²) in [6.45, 7) is 3.01. The summed E-state index contributed by atoms with van der Waals surface area (Å²) in [5, 5.41) is 0. The second kappa shape index (κ2) is 5.81. The van der Waals surface area contributed by atoms with Crippen LogP contribution in [0.25, 0.3) is 22.4 Å². The maximum absolute atomic E-state index is 5.89. The van der Waals surface area contributed by atoms with Crippen LogP contribution < -0.4 is 10.6 Å².